The summed E-state index contributed by atoms with van der Waals surface area (Å²) in [6.45, 7) is 0.288. The summed E-state index contributed by atoms with van der Waals surface area (Å²) in [6, 6.07) is 0. The van der Waals surface area contributed by atoms with Gasteiger partial charge in [0.1, 0.15) is 12.2 Å². The predicted molar refractivity (Wildman–Crippen MR) is 53.9 cm³/mol. The summed E-state index contributed by atoms with van der Waals surface area (Å²) in [5, 5.41) is 8.41. The molecule has 0 aromatic rings. The molecule has 5 heteroatoms. The van der Waals surface area contributed by atoms with Crippen molar-refractivity contribution in [3.63, 3.8) is 0 Å². The highest BCUT2D eigenvalue weighted by Crippen LogP contribution is 2.47. The zero-order valence-corrected chi connectivity index (χ0v) is 9.11. The topological polar surface area (TPSA) is 76.1 Å². The standard InChI is InChI=1S/C11H16O5/c12-9(13)4-5-10(14)15-7-11-6-2-1-3-8(11)16-11/h8H,1-7H2,(H,12,13). The van der Waals surface area contributed by atoms with Gasteiger partial charge in [-0.15, -0.1) is 0 Å². The normalized spacial score (nSPS) is 31.6. The second kappa shape index (κ2) is 4.41. The Kier molecular flexibility index (Phi) is 3.14. The summed E-state index contributed by atoms with van der Waals surface area (Å²) < 4.78 is 10.6. The van der Waals surface area contributed by atoms with Crippen LogP contribution in [0.1, 0.15) is 38.5 Å². The number of esters is 1. The van der Waals surface area contributed by atoms with E-state index in [1.54, 1.807) is 0 Å². The van der Waals surface area contributed by atoms with Gasteiger partial charge in [0.05, 0.1) is 18.9 Å². The van der Waals surface area contributed by atoms with Gasteiger partial charge in [-0.1, -0.05) is 12.8 Å². The van der Waals surface area contributed by atoms with Gasteiger partial charge in [0.15, 0.2) is 0 Å². The number of rotatable bonds is 5. The molecule has 16 heavy (non-hydrogen) atoms. The number of carbonyl (C=O) groups is 2. The molecular formula is C11H16O5. The third-order valence-corrected chi connectivity index (χ3v) is 3.24. The van der Waals surface area contributed by atoms with Crippen LogP contribution in [0.3, 0.4) is 0 Å². The van der Waals surface area contributed by atoms with Crippen molar-refractivity contribution in [3.05, 3.63) is 0 Å². The molecule has 0 amide bonds. The van der Waals surface area contributed by atoms with Crippen LogP contribution in [0.4, 0.5) is 0 Å². The largest absolute Gasteiger partial charge is 0.481 e. The van der Waals surface area contributed by atoms with E-state index in [9.17, 15) is 9.59 Å². The first-order valence-corrected chi connectivity index (χ1v) is 5.68. The summed E-state index contributed by atoms with van der Waals surface area (Å²) in [5.74, 6) is -1.43. The highest BCUT2D eigenvalue weighted by molar-refractivity contribution is 5.76. The zero-order valence-electron chi connectivity index (χ0n) is 9.11. The maximum atomic E-state index is 11.2. The smallest absolute Gasteiger partial charge is 0.306 e. The number of epoxide rings is 1. The van der Waals surface area contributed by atoms with Crippen molar-refractivity contribution >= 4 is 11.9 Å². The number of carboxylic acid groups (broad SMARTS) is 1. The van der Waals surface area contributed by atoms with Crippen molar-refractivity contribution in [2.24, 2.45) is 0 Å². The fourth-order valence-corrected chi connectivity index (χ4v) is 2.23. The Balaban J connectivity index is 1.67. The fraction of sp³-hybridized carbons (Fsp3) is 0.818. The quantitative estimate of drug-likeness (QED) is 0.563. The second-order valence-corrected chi connectivity index (χ2v) is 4.47. The Morgan fingerprint density at radius 3 is 2.88 bits per heavy atom. The summed E-state index contributed by atoms with van der Waals surface area (Å²) in [6.07, 6.45) is 4.32. The van der Waals surface area contributed by atoms with Gasteiger partial charge < -0.3 is 14.6 Å². The number of carboxylic acids is 1. The van der Waals surface area contributed by atoms with Crippen LogP contribution in [-0.2, 0) is 19.1 Å². The predicted octanol–water partition coefficient (Wildman–Crippen LogP) is 1.11. The number of ether oxygens (including phenoxy) is 2. The number of aliphatic carboxylic acids is 1. The molecule has 2 fully saturated rings. The van der Waals surface area contributed by atoms with Crippen molar-refractivity contribution in [1.29, 1.82) is 0 Å². The van der Waals surface area contributed by atoms with Gasteiger partial charge in [-0.3, -0.25) is 9.59 Å². The molecule has 0 spiro atoms. The van der Waals surface area contributed by atoms with Crippen LogP contribution in [0.5, 0.6) is 0 Å². The molecule has 2 atom stereocenters. The first kappa shape index (κ1) is 11.4. The van der Waals surface area contributed by atoms with Crippen LogP contribution in [0.2, 0.25) is 0 Å². The van der Waals surface area contributed by atoms with Crippen LogP contribution in [0.25, 0.3) is 0 Å². The SMILES string of the molecule is O=C(O)CCC(=O)OCC12CCCCC1O2. The lowest BCUT2D eigenvalue weighted by Crippen LogP contribution is -2.27. The summed E-state index contributed by atoms with van der Waals surface area (Å²) in [4.78, 5) is 21.5. The summed E-state index contributed by atoms with van der Waals surface area (Å²) in [5.41, 5.74) is -0.225. The molecule has 5 nitrogen and oxygen atoms in total. The van der Waals surface area contributed by atoms with Crippen molar-refractivity contribution < 1.29 is 24.2 Å². The van der Waals surface area contributed by atoms with Gasteiger partial charge in [0, 0.05) is 0 Å². The molecule has 1 N–H and O–H groups in total. The second-order valence-electron chi connectivity index (χ2n) is 4.47. The van der Waals surface area contributed by atoms with E-state index >= 15 is 0 Å². The zero-order chi connectivity index (χ0) is 11.6. The minimum Gasteiger partial charge on any atom is -0.481 e. The van der Waals surface area contributed by atoms with E-state index in [0.717, 1.165) is 19.3 Å². The lowest BCUT2D eigenvalue weighted by atomic mass is 9.90. The highest BCUT2D eigenvalue weighted by Gasteiger charge is 2.57. The van der Waals surface area contributed by atoms with E-state index in [0.29, 0.717) is 0 Å². The molecule has 0 aromatic heterocycles. The van der Waals surface area contributed by atoms with E-state index in [1.165, 1.54) is 6.42 Å². The minimum absolute atomic E-state index is 0.0594. The fourth-order valence-electron chi connectivity index (χ4n) is 2.23. The number of carbonyl (C=O) groups excluding carboxylic acids is 1. The highest BCUT2D eigenvalue weighted by atomic mass is 16.6. The maximum absolute atomic E-state index is 11.2. The van der Waals surface area contributed by atoms with E-state index in [2.05, 4.69) is 0 Å². The summed E-state index contributed by atoms with van der Waals surface area (Å²) >= 11 is 0. The van der Waals surface area contributed by atoms with Gasteiger partial charge in [-0.05, 0) is 12.8 Å². The Hall–Kier alpha value is -1.10. The molecule has 1 heterocycles. The van der Waals surface area contributed by atoms with E-state index in [4.69, 9.17) is 14.6 Å². The Bertz CT molecular complexity index is 301. The minimum atomic E-state index is -0.978. The Morgan fingerprint density at radius 1 is 1.38 bits per heavy atom. The molecule has 1 saturated carbocycles. The van der Waals surface area contributed by atoms with Crippen molar-refractivity contribution in [1.82, 2.24) is 0 Å². The van der Waals surface area contributed by atoms with Crippen molar-refractivity contribution in [2.45, 2.75) is 50.2 Å². The van der Waals surface area contributed by atoms with Gasteiger partial charge in [0.25, 0.3) is 0 Å². The Labute approximate surface area is 93.7 Å². The lowest BCUT2D eigenvalue weighted by molar-refractivity contribution is -0.149. The maximum Gasteiger partial charge on any atom is 0.306 e. The van der Waals surface area contributed by atoms with Gasteiger partial charge >= 0.3 is 11.9 Å². The van der Waals surface area contributed by atoms with Crippen molar-refractivity contribution in [3.8, 4) is 0 Å². The van der Waals surface area contributed by atoms with Crippen LogP contribution >= 0.6 is 0 Å². The van der Waals surface area contributed by atoms with Crippen LogP contribution in [0, 0.1) is 0 Å². The van der Waals surface area contributed by atoms with Crippen LogP contribution in [-0.4, -0.2) is 35.4 Å². The molecule has 90 valence electrons. The molecule has 1 aliphatic carbocycles. The van der Waals surface area contributed by atoms with Crippen LogP contribution < -0.4 is 0 Å². The molecule has 0 bridgehead atoms. The Morgan fingerprint density at radius 2 is 2.19 bits per heavy atom. The molecule has 1 saturated heterocycles. The monoisotopic (exact) mass is 228 g/mol. The molecule has 2 aliphatic rings. The van der Waals surface area contributed by atoms with Crippen molar-refractivity contribution in [2.75, 3.05) is 6.61 Å². The van der Waals surface area contributed by atoms with Gasteiger partial charge in [-0.25, -0.2) is 0 Å². The lowest BCUT2D eigenvalue weighted by Gasteiger charge is -2.16. The van der Waals surface area contributed by atoms with Gasteiger partial charge in [0.2, 0.25) is 0 Å². The van der Waals surface area contributed by atoms with Crippen LogP contribution in [0.15, 0.2) is 0 Å². The first-order valence-electron chi connectivity index (χ1n) is 5.68. The van der Waals surface area contributed by atoms with E-state index < -0.39 is 11.9 Å². The number of hydrogen-bond acceptors (Lipinski definition) is 4. The van der Waals surface area contributed by atoms with Gasteiger partial charge in [-0.2, -0.15) is 0 Å². The molecule has 0 aromatic carbocycles. The molecular weight excluding hydrogens is 212 g/mol. The molecule has 2 unspecified atom stereocenters. The molecule has 1 aliphatic heterocycles. The molecule has 0 radical (unpaired) electrons. The average Bonchev–Trinajstić information content (AvgIpc) is 2.98. The first-order chi connectivity index (χ1) is 7.62. The summed E-state index contributed by atoms with van der Waals surface area (Å²) in [7, 11) is 0. The third kappa shape index (κ3) is 2.52. The van der Waals surface area contributed by atoms with E-state index in [1.807, 2.05) is 0 Å². The van der Waals surface area contributed by atoms with E-state index in [-0.39, 0.29) is 31.2 Å². The third-order valence-electron chi connectivity index (χ3n) is 3.24. The number of fused-ring (bicyclic) bond motifs is 1. The molecule has 2 rings (SSSR count). The average molecular weight is 228 g/mol. The number of hydrogen-bond donors (Lipinski definition) is 1.